The smallest absolute Gasteiger partial charge is 0.266 e. The van der Waals surface area contributed by atoms with E-state index in [2.05, 4.69) is 0 Å². The monoisotopic (exact) mass is 465 g/mol. The molecule has 164 valence electrons. The van der Waals surface area contributed by atoms with Crippen LogP contribution in [0.5, 0.6) is 5.75 Å². The van der Waals surface area contributed by atoms with E-state index in [-0.39, 0.29) is 5.91 Å². The summed E-state index contributed by atoms with van der Waals surface area (Å²) >= 11 is 6.72. The second-order valence-electron chi connectivity index (χ2n) is 7.22. The lowest BCUT2D eigenvalue weighted by Crippen LogP contribution is -2.31. The lowest BCUT2D eigenvalue weighted by molar-refractivity contribution is -0.122. The molecule has 0 spiro atoms. The summed E-state index contributed by atoms with van der Waals surface area (Å²) in [5.74, 6) is 0.677. The molecule has 0 radical (unpaired) electrons. The Morgan fingerprint density at radius 2 is 1.94 bits per heavy atom. The maximum atomic E-state index is 13.0. The van der Waals surface area contributed by atoms with Crippen molar-refractivity contribution in [3.05, 3.63) is 70.8 Å². The van der Waals surface area contributed by atoms with Crippen LogP contribution in [0.4, 0.5) is 0 Å². The summed E-state index contributed by atoms with van der Waals surface area (Å²) in [5.41, 5.74) is 4.57. The molecule has 4 rings (SSSR count). The molecule has 1 aliphatic heterocycles. The summed E-state index contributed by atoms with van der Waals surface area (Å²) in [4.78, 5) is 15.1. The van der Waals surface area contributed by atoms with Crippen molar-refractivity contribution in [3.63, 3.8) is 0 Å². The van der Waals surface area contributed by atoms with E-state index in [4.69, 9.17) is 26.8 Å². The minimum absolute atomic E-state index is 0.109. The molecule has 0 atom stereocenters. The molecule has 1 aliphatic rings. The van der Waals surface area contributed by atoms with Gasteiger partial charge >= 0.3 is 0 Å². The summed E-state index contributed by atoms with van der Waals surface area (Å²) in [6.07, 6.45) is 3.81. The first-order chi connectivity index (χ1) is 15.5. The number of carbonyl (C=O) groups is 1. The van der Waals surface area contributed by atoms with Crippen molar-refractivity contribution in [3.8, 4) is 22.7 Å². The predicted octanol–water partition coefficient (Wildman–Crippen LogP) is 4.70. The van der Waals surface area contributed by atoms with Crippen LogP contribution in [0.1, 0.15) is 11.1 Å². The highest BCUT2D eigenvalue weighted by atomic mass is 32.2. The number of carbonyl (C=O) groups excluding carboxylic acids is 1. The van der Waals surface area contributed by atoms with E-state index in [0.29, 0.717) is 22.4 Å². The minimum Gasteiger partial charge on any atom is -0.497 e. The molecule has 8 heteroatoms. The fourth-order valence-electron chi connectivity index (χ4n) is 3.46. The molecular formula is C24H23N3O3S2. The van der Waals surface area contributed by atoms with Gasteiger partial charge in [-0.15, -0.1) is 0 Å². The van der Waals surface area contributed by atoms with Gasteiger partial charge in [-0.1, -0.05) is 42.2 Å². The zero-order chi connectivity index (χ0) is 22.7. The van der Waals surface area contributed by atoms with Crippen molar-refractivity contribution >= 4 is 40.3 Å². The molecule has 1 saturated heterocycles. The molecular weight excluding hydrogens is 442 g/mol. The molecule has 2 heterocycles. The van der Waals surface area contributed by atoms with Gasteiger partial charge in [-0.3, -0.25) is 9.69 Å². The molecule has 32 heavy (non-hydrogen) atoms. The van der Waals surface area contributed by atoms with Gasteiger partial charge in [0.1, 0.15) is 15.8 Å². The number of methoxy groups -OCH3 is 2. The Bertz CT molecular complexity index is 1190. The lowest BCUT2D eigenvalue weighted by atomic mass is 10.0. The largest absolute Gasteiger partial charge is 0.497 e. The number of amides is 1. The third-order valence-electron chi connectivity index (χ3n) is 5.13. The summed E-state index contributed by atoms with van der Waals surface area (Å²) in [6.45, 7) is 2.89. The Morgan fingerprint density at radius 1 is 1.16 bits per heavy atom. The van der Waals surface area contributed by atoms with Gasteiger partial charge in [-0.05, 0) is 48.9 Å². The second kappa shape index (κ2) is 9.68. The van der Waals surface area contributed by atoms with E-state index in [1.807, 2.05) is 72.4 Å². The van der Waals surface area contributed by atoms with Crippen LogP contribution >= 0.6 is 24.0 Å². The van der Waals surface area contributed by atoms with Gasteiger partial charge in [-0.25, -0.2) is 4.68 Å². The second-order valence-corrected chi connectivity index (χ2v) is 8.90. The van der Waals surface area contributed by atoms with E-state index in [1.165, 1.54) is 11.8 Å². The zero-order valence-electron chi connectivity index (χ0n) is 18.1. The van der Waals surface area contributed by atoms with E-state index >= 15 is 0 Å². The number of para-hydroxylation sites is 1. The number of rotatable bonds is 7. The average molecular weight is 466 g/mol. The third-order valence-corrected chi connectivity index (χ3v) is 6.51. The number of hydrogen-bond acceptors (Lipinski definition) is 6. The van der Waals surface area contributed by atoms with E-state index < -0.39 is 0 Å². The number of benzene rings is 2. The molecule has 6 nitrogen and oxygen atoms in total. The Hall–Kier alpha value is -2.94. The van der Waals surface area contributed by atoms with Crippen molar-refractivity contribution in [1.29, 1.82) is 0 Å². The van der Waals surface area contributed by atoms with Crippen molar-refractivity contribution in [1.82, 2.24) is 14.7 Å². The van der Waals surface area contributed by atoms with Gasteiger partial charge in [0.05, 0.1) is 30.9 Å². The third kappa shape index (κ3) is 4.48. The normalized spacial score (nSPS) is 15.1. The highest BCUT2D eigenvalue weighted by Gasteiger charge is 2.32. The number of aryl methyl sites for hydroxylation is 1. The number of ether oxygens (including phenoxy) is 2. The van der Waals surface area contributed by atoms with Crippen molar-refractivity contribution in [2.45, 2.75) is 6.92 Å². The molecule has 1 fully saturated rings. The standard InChI is InChI=1S/C24H23N3O3S2/c1-16-13-19(30-3)9-10-20(16)22-17(15-27(25-22)18-7-5-4-6-8-18)14-21-23(28)26(11-12-29-2)24(31)32-21/h4-10,13-15H,11-12H2,1-3H3/b21-14-. The Morgan fingerprint density at radius 3 is 2.62 bits per heavy atom. The first kappa shape index (κ1) is 22.3. The fourth-order valence-corrected chi connectivity index (χ4v) is 4.76. The number of thiocarbonyl (C=S) groups is 1. The number of nitrogens with zero attached hydrogens (tertiary/aromatic N) is 3. The first-order valence-electron chi connectivity index (χ1n) is 10.1. The van der Waals surface area contributed by atoms with Crippen molar-refractivity contribution in [2.24, 2.45) is 0 Å². The maximum absolute atomic E-state index is 13.0. The Labute approximate surface area is 196 Å². The molecule has 0 unspecified atom stereocenters. The van der Waals surface area contributed by atoms with Crippen LogP contribution in [0.2, 0.25) is 0 Å². The molecule has 0 N–H and O–H groups in total. The highest BCUT2D eigenvalue weighted by Crippen LogP contribution is 2.36. The molecule has 1 aromatic heterocycles. The van der Waals surface area contributed by atoms with E-state index in [9.17, 15) is 4.79 Å². The van der Waals surface area contributed by atoms with Crippen LogP contribution in [0, 0.1) is 6.92 Å². The highest BCUT2D eigenvalue weighted by molar-refractivity contribution is 8.26. The molecule has 0 bridgehead atoms. The number of aromatic nitrogens is 2. The molecule has 3 aromatic rings. The minimum atomic E-state index is -0.109. The van der Waals surface area contributed by atoms with E-state index in [0.717, 1.165) is 33.8 Å². The lowest BCUT2D eigenvalue weighted by Gasteiger charge is -2.12. The Kier molecular flexibility index (Phi) is 6.74. The van der Waals surface area contributed by atoms with Crippen LogP contribution in [0.25, 0.3) is 23.0 Å². The number of thioether (sulfide) groups is 1. The summed E-state index contributed by atoms with van der Waals surface area (Å²) in [7, 11) is 3.25. The molecule has 2 aromatic carbocycles. The van der Waals surface area contributed by atoms with Gasteiger partial charge in [-0.2, -0.15) is 5.10 Å². The van der Waals surface area contributed by atoms with Crippen LogP contribution in [-0.2, 0) is 9.53 Å². The van der Waals surface area contributed by atoms with Crippen LogP contribution in [-0.4, -0.2) is 52.3 Å². The Balaban J connectivity index is 1.79. The summed E-state index contributed by atoms with van der Waals surface area (Å²) in [5, 5.41) is 4.87. The van der Waals surface area contributed by atoms with Gasteiger partial charge in [0.25, 0.3) is 5.91 Å². The van der Waals surface area contributed by atoms with Crippen LogP contribution in [0.3, 0.4) is 0 Å². The SMILES string of the molecule is COCCN1C(=O)/C(=C/c2cn(-c3ccccc3)nc2-c2ccc(OC)cc2C)SC1=S. The van der Waals surface area contributed by atoms with E-state index in [1.54, 1.807) is 19.1 Å². The first-order valence-corrected chi connectivity index (χ1v) is 11.3. The maximum Gasteiger partial charge on any atom is 0.266 e. The number of hydrogen-bond donors (Lipinski definition) is 0. The molecule has 0 aliphatic carbocycles. The van der Waals surface area contributed by atoms with Crippen molar-refractivity contribution < 1.29 is 14.3 Å². The van der Waals surface area contributed by atoms with Gasteiger partial charge < -0.3 is 9.47 Å². The van der Waals surface area contributed by atoms with Gasteiger partial charge in [0.2, 0.25) is 0 Å². The summed E-state index contributed by atoms with van der Waals surface area (Å²) in [6, 6.07) is 15.8. The topological polar surface area (TPSA) is 56.6 Å². The van der Waals surface area contributed by atoms with Crippen molar-refractivity contribution in [2.75, 3.05) is 27.4 Å². The summed E-state index contributed by atoms with van der Waals surface area (Å²) < 4.78 is 12.8. The van der Waals surface area contributed by atoms with Gasteiger partial charge in [0, 0.05) is 24.4 Å². The van der Waals surface area contributed by atoms with Crippen LogP contribution in [0.15, 0.2) is 59.6 Å². The zero-order valence-corrected chi connectivity index (χ0v) is 19.7. The fraction of sp³-hybridized carbons (Fsp3) is 0.208. The quantitative estimate of drug-likeness (QED) is 0.372. The van der Waals surface area contributed by atoms with Gasteiger partial charge in [0.15, 0.2) is 0 Å². The van der Waals surface area contributed by atoms with Crippen LogP contribution < -0.4 is 4.74 Å². The average Bonchev–Trinajstić information content (AvgIpc) is 3.33. The molecule has 0 saturated carbocycles. The molecule has 1 amide bonds. The predicted molar refractivity (Wildman–Crippen MR) is 132 cm³/mol.